The lowest BCUT2D eigenvalue weighted by atomic mass is 10.1. The molecule has 0 bridgehead atoms. The van der Waals surface area contributed by atoms with Crippen molar-refractivity contribution < 1.29 is 0 Å². The number of hydrogen-bond acceptors (Lipinski definition) is 2. The van der Waals surface area contributed by atoms with Crippen molar-refractivity contribution >= 4 is 33.3 Å². The zero-order valence-corrected chi connectivity index (χ0v) is 10.3. The van der Waals surface area contributed by atoms with Crippen molar-refractivity contribution in [2.45, 2.75) is 6.92 Å². The Morgan fingerprint density at radius 1 is 1.11 bits per heavy atom. The Morgan fingerprint density at radius 3 is 2.67 bits per heavy atom. The number of aromatic amines is 2. The summed E-state index contributed by atoms with van der Waals surface area (Å²) in [5.74, 6) is 0. The van der Waals surface area contributed by atoms with E-state index in [9.17, 15) is 9.59 Å². The molecule has 0 spiro atoms. The van der Waals surface area contributed by atoms with E-state index in [0.717, 1.165) is 16.6 Å². The Morgan fingerprint density at radius 2 is 1.89 bits per heavy atom. The summed E-state index contributed by atoms with van der Waals surface area (Å²) in [6.45, 7) is 1.87. The Hall–Kier alpha value is -2.07. The van der Waals surface area contributed by atoms with Crippen molar-refractivity contribution in [3.8, 4) is 0 Å². The summed E-state index contributed by atoms with van der Waals surface area (Å²) in [5, 5.41) is 2.04. The largest absolute Gasteiger partial charge is 0.364 e. The lowest BCUT2D eigenvalue weighted by Crippen LogP contribution is -2.11. The average molecular weight is 261 g/mol. The summed E-state index contributed by atoms with van der Waals surface area (Å²) in [5.41, 5.74) is 0.959. The van der Waals surface area contributed by atoms with Crippen LogP contribution in [0.3, 0.4) is 0 Å². The molecule has 18 heavy (non-hydrogen) atoms. The van der Waals surface area contributed by atoms with Gasteiger partial charge < -0.3 is 9.97 Å². The predicted octanol–water partition coefficient (Wildman–Crippen LogP) is 2.33. The fourth-order valence-electron chi connectivity index (χ4n) is 2.14. The minimum atomic E-state index is -0.340. The molecule has 0 unspecified atom stereocenters. The van der Waals surface area contributed by atoms with Gasteiger partial charge in [-0.15, -0.1) is 0 Å². The van der Waals surface area contributed by atoms with Crippen molar-refractivity contribution in [3.05, 3.63) is 55.7 Å². The Kier molecular flexibility index (Phi) is 2.28. The Bertz CT molecular complexity index is 893. The Balaban J connectivity index is 2.70. The van der Waals surface area contributed by atoms with Crippen molar-refractivity contribution in [2.24, 2.45) is 0 Å². The van der Waals surface area contributed by atoms with Crippen LogP contribution < -0.4 is 11.0 Å². The van der Waals surface area contributed by atoms with Gasteiger partial charge in [0.15, 0.2) is 5.43 Å². The zero-order chi connectivity index (χ0) is 12.9. The number of fused-ring (bicyclic) bond motifs is 3. The van der Waals surface area contributed by atoms with Crippen LogP contribution in [0.4, 0.5) is 0 Å². The number of halogens is 1. The van der Waals surface area contributed by atoms with E-state index in [-0.39, 0.29) is 16.0 Å². The van der Waals surface area contributed by atoms with Crippen LogP contribution in [0, 0.1) is 6.92 Å². The van der Waals surface area contributed by atoms with Gasteiger partial charge in [-0.1, -0.05) is 11.6 Å². The number of rotatable bonds is 0. The first-order valence-electron chi connectivity index (χ1n) is 5.41. The number of nitrogens with one attached hydrogen (secondary N) is 2. The van der Waals surface area contributed by atoms with Gasteiger partial charge in [-0.05, 0) is 24.4 Å². The minimum Gasteiger partial charge on any atom is -0.364 e. The highest BCUT2D eigenvalue weighted by atomic mass is 35.5. The Labute approximate surface area is 106 Å². The summed E-state index contributed by atoms with van der Waals surface area (Å²) in [4.78, 5) is 29.3. The van der Waals surface area contributed by atoms with Crippen LogP contribution in [0.25, 0.3) is 21.7 Å². The van der Waals surface area contributed by atoms with Gasteiger partial charge in [0, 0.05) is 23.3 Å². The molecular formula is C13H9ClN2O2. The summed E-state index contributed by atoms with van der Waals surface area (Å²) >= 11 is 5.85. The SMILES string of the molecule is Cc1[nH]ccc2c1[nH]c(=O)c1cc(=O)c(Cl)cc12. The van der Waals surface area contributed by atoms with Gasteiger partial charge in [-0.25, -0.2) is 0 Å². The second-order valence-corrected chi connectivity index (χ2v) is 4.58. The minimum absolute atomic E-state index is 0.125. The van der Waals surface area contributed by atoms with E-state index in [1.807, 2.05) is 13.0 Å². The van der Waals surface area contributed by atoms with Crippen molar-refractivity contribution in [1.29, 1.82) is 0 Å². The van der Waals surface area contributed by atoms with Gasteiger partial charge in [0.05, 0.1) is 15.9 Å². The molecule has 2 heterocycles. The van der Waals surface area contributed by atoms with E-state index in [2.05, 4.69) is 9.97 Å². The van der Waals surface area contributed by atoms with E-state index < -0.39 is 0 Å². The molecule has 2 N–H and O–H groups in total. The first-order chi connectivity index (χ1) is 8.58. The molecule has 0 radical (unpaired) electrons. The highest BCUT2D eigenvalue weighted by molar-refractivity contribution is 6.31. The zero-order valence-electron chi connectivity index (χ0n) is 9.50. The molecule has 3 aromatic rings. The number of hydrogen-bond donors (Lipinski definition) is 2. The first kappa shape index (κ1) is 11.0. The van der Waals surface area contributed by atoms with Crippen LogP contribution in [-0.4, -0.2) is 9.97 Å². The van der Waals surface area contributed by atoms with Gasteiger partial charge >= 0.3 is 0 Å². The molecule has 0 fully saturated rings. The molecule has 3 rings (SSSR count). The fourth-order valence-corrected chi connectivity index (χ4v) is 2.30. The van der Waals surface area contributed by atoms with E-state index in [1.54, 1.807) is 12.3 Å². The quantitative estimate of drug-likeness (QED) is 0.609. The lowest BCUT2D eigenvalue weighted by Gasteiger charge is -2.06. The van der Waals surface area contributed by atoms with Crippen LogP contribution in [0.1, 0.15) is 5.69 Å². The topological polar surface area (TPSA) is 65.7 Å². The van der Waals surface area contributed by atoms with Gasteiger partial charge in [-0.2, -0.15) is 0 Å². The van der Waals surface area contributed by atoms with E-state index in [0.29, 0.717) is 10.8 Å². The molecule has 0 saturated heterocycles. The van der Waals surface area contributed by atoms with E-state index >= 15 is 0 Å². The van der Waals surface area contributed by atoms with Crippen molar-refractivity contribution in [2.75, 3.05) is 0 Å². The maximum absolute atomic E-state index is 12.0. The maximum Gasteiger partial charge on any atom is 0.256 e. The highest BCUT2D eigenvalue weighted by Crippen LogP contribution is 2.22. The molecule has 4 nitrogen and oxygen atoms in total. The van der Waals surface area contributed by atoms with Crippen LogP contribution in [0.2, 0.25) is 5.02 Å². The van der Waals surface area contributed by atoms with Crippen LogP contribution in [0.15, 0.2) is 34.0 Å². The second-order valence-electron chi connectivity index (χ2n) is 4.17. The molecule has 2 aromatic heterocycles. The van der Waals surface area contributed by atoms with Crippen LogP contribution in [0.5, 0.6) is 0 Å². The molecular weight excluding hydrogens is 252 g/mol. The van der Waals surface area contributed by atoms with Gasteiger partial charge in [-0.3, -0.25) is 9.59 Å². The molecule has 90 valence electrons. The number of aromatic nitrogens is 2. The van der Waals surface area contributed by atoms with Gasteiger partial charge in [0.25, 0.3) is 5.56 Å². The van der Waals surface area contributed by atoms with Gasteiger partial charge in [0.1, 0.15) is 0 Å². The molecule has 0 saturated carbocycles. The number of H-pyrrole nitrogens is 2. The molecule has 1 aromatic carbocycles. The summed E-state index contributed by atoms with van der Waals surface area (Å²) in [7, 11) is 0. The highest BCUT2D eigenvalue weighted by Gasteiger charge is 2.09. The molecule has 0 atom stereocenters. The summed E-state index contributed by atoms with van der Waals surface area (Å²) in [6.07, 6.45) is 1.79. The first-order valence-corrected chi connectivity index (χ1v) is 5.79. The number of pyridine rings is 2. The number of benzene rings is 1. The monoisotopic (exact) mass is 260 g/mol. The van der Waals surface area contributed by atoms with Crippen LogP contribution in [-0.2, 0) is 0 Å². The maximum atomic E-state index is 12.0. The fraction of sp³-hybridized carbons (Fsp3) is 0.0769. The molecule has 0 aliphatic heterocycles. The summed E-state index contributed by atoms with van der Waals surface area (Å²) < 4.78 is 0. The lowest BCUT2D eigenvalue weighted by molar-refractivity contribution is 1.20. The third-order valence-corrected chi connectivity index (χ3v) is 3.33. The molecule has 5 heteroatoms. The molecule has 0 amide bonds. The normalized spacial score (nSPS) is 11.2. The van der Waals surface area contributed by atoms with Gasteiger partial charge in [0.2, 0.25) is 0 Å². The van der Waals surface area contributed by atoms with Crippen molar-refractivity contribution in [3.63, 3.8) is 0 Å². The predicted molar refractivity (Wildman–Crippen MR) is 72.4 cm³/mol. The third-order valence-electron chi connectivity index (χ3n) is 3.04. The summed E-state index contributed by atoms with van der Waals surface area (Å²) in [6, 6.07) is 4.68. The smallest absolute Gasteiger partial charge is 0.256 e. The second kappa shape index (κ2) is 3.71. The average Bonchev–Trinajstić information content (AvgIpc) is 2.33. The molecule has 0 aliphatic rings. The van der Waals surface area contributed by atoms with E-state index in [4.69, 9.17) is 11.6 Å². The number of aryl methyl sites for hydroxylation is 1. The van der Waals surface area contributed by atoms with Crippen molar-refractivity contribution in [1.82, 2.24) is 9.97 Å². The van der Waals surface area contributed by atoms with Crippen LogP contribution >= 0.6 is 11.6 Å². The standard InChI is InChI=1S/C13H9ClN2O2/c1-6-12-7(2-3-15-6)8-4-10(14)11(17)5-9(8)13(18)16-12/h2-5,15H,1H3,(H,16,18). The molecule has 0 aliphatic carbocycles. The third kappa shape index (κ3) is 1.46. The van der Waals surface area contributed by atoms with E-state index in [1.165, 1.54) is 6.07 Å².